The van der Waals surface area contributed by atoms with Crippen LogP contribution in [0.3, 0.4) is 0 Å². The van der Waals surface area contributed by atoms with Crippen LogP contribution in [0.2, 0.25) is 0 Å². The minimum absolute atomic E-state index is 0.0894. The Morgan fingerprint density at radius 1 is 1.36 bits per heavy atom. The number of piperidine rings is 1. The van der Waals surface area contributed by atoms with E-state index in [-0.39, 0.29) is 23.5 Å². The lowest BCUT2D eigenvalue weighted by Crippen LogP contribution is -2.62. The number of amides is 1. The largest absolute Gasteiger partial charge is 0.392 e. The van der Waals surface area contributed by atoms with E-state index in [1.807, 2.05) is 43.0 Å². The van der Waals surface area contributed by atoms with E-state index >= 15 is 0 Å². The molecule has 2 aromatic rings. The van der Waals surface area contributed by atoms with Gasteiger partial charge in [0.25, 0.3) is 5.91 Å². The first kappa shape index (κ1) is 16.6. The molecule has 5 nitrogen and oxygen atoms in total. The highest BCUT2D eigenvalue weighted by Gasteiger charge is 2.56. The maximum absolute atomic E-state index is 13.1. The lowest BCUT2D eigenvalue weighted by atomic mass is 9.58. The van der Waals surface area contributed by atoms with Crippen molar-refractivity contribution < 1.29 is 14.6 Å². The van der Waals surface area contributed by atoms with Gasteiger partial charge in [-0.25, -0.2) is 0 Å². The van der Waals surface area contributed by atoms with E-state index in [1.165, 1.54) is 0 Å². The summed E-state index contributed by atoms with van der Waals surface area (Å²) in [6.45, 7) is 5.99. The zero-order chi connectivity index (χ0) is 17.6. The molecule has 134 valence electrons. The molecule has 0 bridgehead atoms. The summed E-state index contributed by atoms with van der Waals surface area (Å²) in [6.07, 6.45) is 2.19. The van der Waals surface area contributed by atoms with E-state index in [2.05, 4.69) is 4.98 Å². The van der Waals surface area contributed by atoms with E-state index in [0.717, 1.165) is 41.4 Å². The van der Waals surface area contributed by atoms with E-state index in [9.17, 15) is 9.90 Å². The van der Waals surface area contributed by atoms with Crippen LogP contribution < -0.4 is 0 Å². The van der Waals surface area contributed by atoms with Gasteiger partial charge in [-0.1, -0.05) is 18.2 Å². The predicted molar refractivity (Wildman–Crippen MR) is 96.6 cm³/mol. The molecule has 0 radical (unpaired) electrons. The van der Waals surface area contributed by atoms with E-state index in [1.54, 1.807) is 0 Å². The molecule has 1 spiro atoms. The molecule has 4 rings (SSSR count). The first-order valence-electron chi connectivity index (χ1n) is 9.23. The molecule has 1 aromatic carbocycles. The van der Waals surface area contributed by atoms with Gasteiger partial charge >= 0.3 is 0 Å². The number of carbonyl (C=O) groups excluding carboxylic acids is 1. The summed E-state index contributed by atoms with van der Waals surface area (Å²) in [5.74, 6) is 0.0894. The average molecular weight is 342 g/mol. The number of aromatic nitrogens is 1. The van der Waals surface area contributed by atoms with Crippen molar-refractivity contribution in [2.45, 2.75) is 45.3 Å². The minimum atomic E-state index is -0.295. The number of H-pyrrole nitrogens is 1. The molecule has 1 aliphatic carbocycles. The zero-order valence-electron chi connectivity index (χ0n) is 14.9. The van der Waals surface area contributed by atoms with Crippen LogP contribution in [-0.4, -0.2) is 52.8 Å². The van der Waals surface area contributed by atoms with Crippen LogP contribution in [0.15, 0.2) is 24.3 Å². The molecule has 2 heterocycles. The van der Waals surface area contributed by atoms with Crippen LogP contribution >= 0.6 is 0 Å². The smallest absolute Gasteiger partial charge is 0.256 e. The Labute approximate surface area is 148 Å². The number of aromatic amines is 1. The highest BCUT2D eigenvalue weighted by Crippen LogP contribution is 2.51. The lowest BCUT2D eigenvalue weighted by molar-refractivity contribution is -0.207. The van der Waals surface area contributed by atoms with Crippen LogP contribution in [0, 0.1) is 12.3 Å². The molecule has 1 aliphatic heterocycles. The van der Waals surface area contributed by atoms with Crippen LogP contribution in [0.4, 0.5) is 0 Å². The molecule has 0 unspecified atom stereocenters. The topological polar surface area (TPSA) is 65.6 Å². The molecule has 1 saturated heterocycles. The van der Waals surface area contributed by atoms with E-state index in [0.29, 0.717) is 19.7 Å². The first-order valence-corrected chi connectivity index (χ1v) is 9.23. The summed E-state index contributed by atoms with van der Waals surface area (Å²) in [5, 5.41) is 11.3. The van der Waals surface area contributed by atoms with Gasteiger partial charge in [-0.2, -0.15) is 0 Å². The molecule has 1 aromatic heterocycles. The fraction of sp³-hybridized carbons (Fsp3) is 0.550. The number of rotatable bonds is 3. The van der Waals surface area contributed by atoms with Gasteiger partial charge in [-0.15, -0.1) is 0 Å². The number of carbonyl (C=O) groups is 1. The fourth-order valence-corrected chi connectivity index (χ4v) is 4.65. The van der Waals surface area contributed by atoms with Crippen LogP contribution in [0.1, 0.15) is 42.2 Å². The number of aliphatic hydroxyl groups is 1. The van der Waals surface area contributed by atoms with Gasteiger partial charge in [0, 0.05) is 48.1 Å². The third-order valence-corrected chi connectivity index (χ3v) is 6.20. The van der Waals surface area contributed by atoms with Crippen molar-refractivity contribution in [1.29, 1.82) is 0 Å². The Hall–Kier alpha value is -1.85. The first-order chi connectivity index (χ1) is 12.1. The Bertz CT molecular complexity index is 787. The van der Waals surface area contributed by atoms with Crippen LogP contribution in [-0.2, 0) is 4.74 Å². The zero-order valence-corrected chi connectivity index (χ0v) is 14.9. The van der Waals surface area contributed by atoms with Gasteiger partial charge in [-0.05, 0) is 32.8 Å². The molecule has 1 saturated carbocycles. The number of hydrogen-bond donors (Lipinski definition) is 2. The number of aryl methyl sites for hydroxylation is 1. The third-order valence-electron chi connectivity index (χ3n) is 6.20. The maximum atomic E-state index is 13.1. The summed E-state index contributed by atoms with van der Waals surface area (Å²) in [7, 11) is 0. The van der Waals surface area contributed by atoms with Crippen molar-refractivity contribution in [1.82, 2.24) is 9.88 Å². The minimum Gasteiger partial charge on any atom is -0.392 e. The summed E-state index contributed by atoms with van der Waals surface area (Å²) < 4.78 is 5.82. The molecule has 25 heavy (non-hydrogen) atoms. The number of fused-ring (bicyclic) bond motifs is 1. The lowest BCUT2D eigenvalue weighted by Gasteiger charge is -2.56. The van der Waals surface area contributed by atoms with Crippen molar-refractivity contribution in [2.75, 3.05) is 19.7 Å². The van der Waals surface area contributed by atoms with Gasteiger partial charge in [0.1, 0.15) is 0 Å². The molecular formula is C20H26N2O3. The predicted octanol–water partition coefficient (Wildman–Crippen LogP) is 2.87. The Morgan fingerprint density at radius 3 is 2.76 bits per heavy atom. The second kappa shape index (κ2) is 6.15. The third kappa shape index (κ3) is 2.49. The van der Waals surface area contributed by atoms with E-state index in [4.69, 9.17) is 4.74 Å². The number of ether oxygens (including phenoxy) is 1. The molecule has 2 N–H and O–H groups in total. The normalized spacial score (nSPS) is 25.3. The van der Waals surface area contributed by atoms with Gasteiger partial charge in [-0.3, -0.25) is 4.79 Å². The molecule has 5 heteroatoms. The fourth-order valence-electron chi connectivity index (χ4n) is 4.65. The van der Waals surface area contributed by atoms with Gasteiger partial charge < -0.3 is 19.7 Å². The highest BCUT2D eigenvalue weighted by molar-refractivity contribution is 6.08. The highest BCUT2D eigenvalue weighted by atomic mass is 16.5. The molecule has 2 fully saturated rings. The molecule has 2 atom stereocenters. The van der Waals surface area contributed by atoms with Crippen molar-refractivity contribution >= 4 is 16.8 Å². The summed E-state index contributed by atoms with van der Waals surface area (Å²) in [4.78, 5) is 18.4. The molecule has 1 amide bonds. The van der Waals surface area contributed by atoms with E-state index < -0.39 is 0 Å². The number of benzene rings is 1. The monoisotopic (exact) mass is 342 g/mol. The van der Waals surface area contributed by atoms with Crippen molar-refractivity contribution in [3.63, 3.8) is 0 Å². The number of hydrogen-bond acceptors (Lipinski definition) is 3. The average Bonchev–Trinajstić information content (AvgIpc) is 2.97. The SMILES string of the molecule is CCO[C@H]1C[C@@H](O)C12CCN(C(=O)c1c(C)[nH]c3ccccc13)CC2. The number of nitrogens with zero attached hydrogens (tertiary/aromatic N) is 1. The van der Waals surface area contributed by atoms with Gasteiger partial charge in [0.05, 0.1) is 17.8 Å². The maximum Gasteiger partial charge on any atom is 0.256 e. The van der Waals surface area contributed by atoms with Crippen molar-refractivity contribution in [3.8, 4) is 0 Å². The number of nitrogens with one attached hydrogen (secondary N) is 1. The van der Waals surface area contributed by atoms with Gasteiger partial charge in [0.15, 0.2) is 0 Å². The van der Waals surface area contributed by atoms with Crippen LogP contribution in [0.5, 0.6) is 0 Å². The second-order valence-electron chi connectivity index (χ2n) is 7.39. The molecular weight excluding hydrogens is 316 g/mol. The quantitative estimate of drug-likeness (QED) is 0.901. The summed E-state index contributed by atoms with van der Waals surface area (Å²) in [6, 6.07) is 7.94. The number of para-hydroxylation sites is 1. The summed E-state index contributed by atoms with van der Waals surface area (Å²) in [5.41, 5.74) is 2.55. The van der Waals surface area contributed by atoms with Crippen molar-refractivity contribution in [3.05, 3.63) is 35.5 Å². The Morgan fingerprint density at radius 2 is 2.08 bits per heavy atom. The van der Waals surface area contributed by atoms with Gasteiger partial charge in [0.2, 0.25) is 0 Å². The Kier molecular flexibility index (Phi) is 4.08. The number of aliphatic hydroxyl groups excluding tert-OH is 1. The Balaban J connectivity index is 1.53. The number of likely N-dealkylation sites (tertiary alicyclic amines) is 1. The molecule has 2 aliphatic rings. The standard InChI is InChI=1S/C20H26N2O3/c1-3-25-17-12-16(23)20(17)8-10-22(11-9-20)19(24)18-13(2)21-15-7-5-4-6-14(15)18/h4-7,16-17,21,23H,3,8-12H2,1-2H3/t16-,17+/m1/s1. The summed E-state index contributed by atoms with van der Waals surface area (Å²) >= 11 is 0. The van der Waals surface area contributed by atoms with Crippen LogP contribution in [0.25, 0.3) is 10.9 Å². The van der Waals surface area contributed by atoms with Crippen molar-refractivity contribution in [2.24, 2.45) is 5.41 Å². The second-order valence-corrected chi connectivity index (χ2v) is 7.39.